The highest BCUT2D eigenvalue weighted by atomic mass is 32.2. The molecule has 2 aromatic rings. The third kappa shape index (κ3) is 4.96. The van der Waals surface area contributed by atoms with E-state index in [9.17, 15) is 18.0 Å². The summed E-state index contributed by atoms with van der Waals surface area (Å²) in [5.74, 6) is -0.212. The maximum Gasteiger partial charge on any atom is 0.243 e. The van der Waals surface area contributed by atoms with Crippen molar-refractivity contribution in [1.82, 2.24) is 9.62 Å². The number of amides is 2. The minimum atomic E-state index is -3.56. The number of nitrogens with zero attached hydrogens (tertiary/aromatic N) is 2. The first-order valence-corrected chi connectivity index (χ1v) is 13.0. The van der Waals surface area contributed by atoms with E-state index in [-0.39, 0.29) is 29.2 Å². The Labute approximate surface area is 195 Å². The first-order chi connectivity index (χ1) is 15.8. The Morgan fingerprint density at radius 3 is 2.27 bits per heavy atom. The van der Waals surface area contributed by atoms with Gasteiger partial charge in [-0.1, -0.05) is 44.2 Å². The summed E-state index contributed by atoms with van der Waals surface area (Å²) < 4.78 is 26.8. The topological polar surface area (TPSA) is 86.8 Å². The first kappa shape index (κ1) is 23.4. The Bertz CT molecular complexity index is 1090. The maximum atomic E-state index is 13.0. The van der Waals surface area contributed by atoms with E-state index in [1.807, 2.05) is 30.3 Å². The Kier molecular flexibility index (Phi) is 6.86. The van der Waals surface area contributed by atoms with Crippen molar-refractivity contribution in [3.63, 3.8) is 0 Å². The van der Waals surface area contributed by atoms with Crippen molar-refractivity contribution in [3.05, 3.63) is 60.2 Å². The van der Waals surface area contributed by atoms with Crippen LogP contribution in [0, 0.1) is 11.8 Å². The average Bonchev–Trinajstić information content (AvgIpc) is 3.59. The van der Waals surface area contributed by atoms with Gasteiger partial charge in [0.25, 0.3) is 0 Å². The number of rotatable bonds is 9. The Morgan fingerprint density at radius 1 is 1.06 bits per heavy atom. The van der Waals surface area contributed by atoms with Crippen LogP contribution >= 0.6 is 0 Å². The number of anilines is 1. The fraction of sp³-hybridized carbons (Fsp3) is 0.440. The standard InChI is InChI=1S/C25H31N3O4S/c1-3-27(4-2)33(31,32)22-14-12-21(13-15-22)28-17-20(16-23(28)29)25(30)26-24(19-10-11-19)18-8-6-5-7-9-18/h5-9,12-15,19-20,24H,3-4,10-11,16-17H2,1-2H3,(H,26,30)/t20-,24+/m1/s1. The molecule has 0 radical (unpaired) electrons. The second kappa shape index (κ2) is 9.65. The molecule has 33 heavy (non-hydrogen) atoms. The van der Waals surface area contributed by atoms with Crippen LogP contribution in [0.1, 0.15) is 44.7 Å². The summed E-state index contributed by atoms with van der Waals surface area (Å²) in [5, 5.41) is 3.18. The van der Waals surface area contributed by atoms with E-state index in [0.717, 1.165) is 18.4 Å². The van der Waals surface area contributed by atoms with Crippen LogP contribution in [-0.2, 0) is 19.6 Å². The molecule has 2 atom stereocenters. The third-order valence-corrected chi connectivity index (χ3v) is 8.60. The van der Waals surface area contributed by atoms with E-state index in [0.29, 0.717) is 31.2 Å². The zero-order valence-corrected chi connectivity index (χ0v) is 19.9. The Morgan fingerprint density at radius 2 is 1.70 bits per heavy atom. The van der Waals surface area contributed by atoms with Crippen molar-refractivity contribution in [2.45, 2.75) is 44.0 Å². The van der Waals surface area contributed by atoms with Crippen LogP contribution in [0.3, 0.4) is 0 Å². The van der Waals surface area contributed by atoms with Gasteiger partial charge in [-0.15, -0.1) is 0 Å². The van der Waals surface area contributed by atoms with Gasteiger partial charge in [-0.2, -0.15) is 4.31 Å². The van der Waals surface area contributed by atoms with Gasteiger partial charge in [0.1, 0.15) is 0 Å². The number of hydrogen-bond donors (Lipinski definition) is 1. The molecular weight excluding hydrogens is 438 g/mol. The van der Waals surface area contributed by atoms with Gasteiger partial charge in [0, 0.05) is 31.7 Å². The zero-order valence-electron chi connectivity index (χ0n) is 19.1. The fourth-order valence-corrected chi connectivity index (χ4v) is 5.94. The molecule has 1 heterocycles. The normalized spacial score (nSPS) is 19.7. The van der Waals surface area contributed by atoms with Crippen LogP contribution in [0.15, 0.2) is 59.5 Å². The average molecular weight is 470 g/mol. The van der Waals surface area contributed by atoms with Crippen LogP contribution < -0.4 is 10.2 Å². The molecule has 0 spiro atoms. The molecule has 7 nitrogen and oxygen atoms in total. The van der Waals surface area contributed by atoms with Crippen molar-refractivity contribution in [2.75, 3.05) is 24.5 Å². The monoisotopic (exact) mass is 469 g/mol. The molecule has 1 aliphatic carbocycles. The van der Waals surface area contributed by atoms with Crippen LogP contribution in [0.4, 0.5) is 5.69 Å². The van der Waals surface area contributed by atoms with Crippen molar-refractivity contribution in [1.29, 1.82) is 0 Å². The molecule has 2 aliphatic rings. The minimum absolute atomic E-state index is 0.0209. The minimum Gasteiger partial charge on any atom is -0.349 e. The summed E-state index contributed by atoms with van der Waals surface area (Å²) in [7, 11) is -3.56. The van der Waals surface area contributed by atoms with Crippen molar-refractivity contribution < 1.29 is 18.0 Å². The quantitative estimate of drug-likeness (QED) is 0.610. The summed E-state index contributed by atoms with van der Waals surface area (Å²) in [5.41, 5.74) is 1.70. The van der Waals surface area contributed by atoms with Crippen LogP contribution in [0.5, 0.6) is 0 Å². The van der Waals surface area contributed by atoms with Gasteiger partial charge in [0.2, 0.25) is 21.8 Å². The summed E-state index contributed by atoms with van der Waals surface area (Å²) in [6, 6.07) is 16.3. The highest BCUT2D eigenvalue weighted by Crippen LogP contribution is 2.41. The zero-order chi connectivity index (χ0) is 23.6. The number of sulfonamides is 1. The van der Waals surface area contributed by atoms with Crippen molar-refractivity contribution in [2.24, 2.45) is 11.8 Å². The number of benzene rings is 2. The molecule has 2 aromatic carbocycles. The van der Waals surface area contributed by atoms with Gasteiger partial charge in [0.15, 0.2) is 0 Å². The highest BCUT2D eigenvalue weighted by molar-refractivity contribution is 7.89. The van der Waals surface area contributed by atoms with Crippen LogP contribution in [0.2, 0.25) is 0 Å². The molecule has 1 aliphatic heterocycles. The SMILES string of the molecule is CCN(CC)S(=O)(=O)c1ccc(N2C[C@H](C(=O)N[C@@H](c3ccccc3)C3CC3)CC2=O)cc1. The van der Waals surface area contributed by atoms with E-state index < -0.39 is 15.9 Å². The fourth-order valence-electron chi connectivity index (χ4n) is 4.48. The predicted molar refractivity (Wildman–Crippen MR) is 127 cm³/mol. The molecular formula is C25H31N3O4S. The van der Waals surface area contributed by atoms with E-state index in [1.165, 1.54) is 16.4 Å². The van der Waals surface area contributed by atoms with Crippen molar-refractivity contribution >= 4 is 27.5 Å². The van der Waals surface area contributed by atoms with E-state index >= 15 is 0 Å². The van der Waals surface area contributed by atoms with Gasteiger partial charge in [-0.05, 0) is 48.6 Å². The lowest BCUT2D eigenvalue weighted by molar-refractivity contribution is -0.127. The summed E-state index contributed by atoms with van der Waals surface area (Å²) in [6.45, 7) is 4.68. The third-order valence-electron chi connectivity index (χ3n) is 6.54. The molecule has 176 valence electrons. The Hall–Kier alpha value is -2.71. The number of carbonyl (C=O) groups is 2. The Balaban J connectivity index is 1.44. The highest BCUT2D eigenvalue weighted by Gasteiger charge is 2.39. The smallest absolute Gasteiger partial charge is 0.243 e. The summed E-state index contributed by atoms with van der Waals surface area (Å²) >= 11 is 0. The van der Waals surface area contributed by atoms with Crippen LogP contribution in [-0.4, -0.2) is 44.2 Å². The molecule has 8 heteroatoms. The summed E-state index contributed by atoms with van der Waals surface area (Å²) in [6.07, 6.45) is 2.34. The van der Waals surface area contributed by atoms with Crippen LogP contribution in [0.25, 0.3) is 0 Å². The molecule has 0 unspecified atom stereocenters. The molecule has 1 saturated carbocycles. The maximum absolute atomic E-state index is 13.0. The molecule has 4 rings (SSSR count). The number of hydrogen-bond acceptors (Lipinski definition) is 4. The number of nitrogens with one attached hydrogen (secondary N) is 1. The first-order valence-electron chi connectivity index (χ1n) is 11.6. The molecule has 2 fully saturated rings. The molecule has 0 bridgehead atoms. The van der Waals surface area contributed by atoms with Crippen molar-refractivity contribution in [3.8, 4) is 0 Å². The van der Waals surface area contributed by atoms with Gasteiger partial charge >= 0.3 is 0 Å². The van der Waals surface area contributed by atoms with E-state index in [1.54, 1.807) is 30.9 Å². The van der Waals surface area contributed by atoms with Gasteiger partial charge in [0.05, 0.1) is 16.9 Å². The van der Waals surface area contributed by atoms with E-state index in [4.69, 9.17) is 0 Å². The second-order valence-electron chi connectivity index (χ2n) is 8.72. The molecule has 1 saturated heterocycles. The van der Waals surface area contributed by atoms with E-state index in [2.05, 4.69) is 5.32 Å². The molecule has 0 aromatic heterocycles. The summed E-state index contributed by atoms with van der Waals surface area (Å²) in [4.78, 5) is 27.5. The lowest BCUT2D eigenvalue weighted by Crippen LogP contribution is -2.36. The molecule has 2 amide bonds. The van der Waals surface area contributed by atoms with Gasteiger partial charge in [-0.25, -0.2) is 8.42 Å². The lowest BCUT2D eigenvalue weighted by atomic mass is 10.0. The largest absolute Gasteiger partial charge is 0.349 e. The van der Waals surface area contributed by atoms with Gasteiger partial charge < -0.3 is 10.2 Å². The number of carbonyl (C=O) groups excluding carboxylic acids is 2. The lowest BCUT2D eigenvalue weighted by Gasteiger charge is -2.22. The van der Waals surface area contributed by atoms with Gasteiger partial charge in [-0.3, -0.25) is 9.59 Å². The second-order valence-corrected chi connectivity index (χ2v) is 10.7. The molecule has 1 N–H and O–H groups in total. The predicted octanol–water partition coefficient (Wildman–Crippen LogP) is 3.34.